The van der Waals surface area contributed by atoms with Gasteiger partial charge in [0.25, 0.3) is 0 Å². The van der Waals surface area contributed by atoms with Crippen LogP contribution in [0.2, 0.25) is 0 Å². The second-order valence-corrected chi connectivity index (χ2v) is 3.61. The average molecular weight is 208 g/mol. The van der Waals surface area contributed by atoms with Gasteiger partial charge in [0.15, 0.2) is 5.60 Å². The Balaban J connectivity index is 2.89. The van der Waals surface area contributed by atoms with E-state index in [0.717, 1.165) is 0 Å². The topological polar surface area (TPSA) is 63.6 Å². The van der Waals surface area contributed by atoms with Gasteiger partial charge in [-0.15, -0.1) is 0 Å². The summed E-state index contributed by atoms with van der Waals surface area (Å²) in [7, 11) is 0. The highest BCUT2D eigenvalue weighted by molar-refractivity contribution is 5.77. The molecular formula is C11H12O4. The molecule has 0 aromatic heterocycles. The van der Waals surface area contributed by atoms with E-state index in [2.05, 4.69) is 0 Å². The van der Waals surface area contributed by atoms with Crippen molar-refractivity contribution in [1.82, 2.24) is 0 Å². The normalized spacial score (nSPS) is 10.8. The summed E-state index contributed by atoms with van der Waals surface area (Å²) in [5, 5.41) is 8.83. The first-order valence-electron chi connectivity index (χ1n) is 4.43. The van der Waals surface area contributed by atoms with Crippen molar-refractivity contribution >= 4 is 12.3 Å². The van der Waals surface area contributed by atoms with Crippen LogP contribution in [0.5, 0.6) is 5.75 Å². The number of ether oxygens (including phenoxy) is 1. The number of carboxylic acid groups (broad SMARTS) is 1. The molecule has 15 heavy (non-hydrogen) atoms. The van der Waals surface area contributed by atoms with Gasteiger partial charge in [-0.1, -0.05) is 12.1 Å². The van der Waals surface area contributed by atoms with Gasteiger partial charge in [-0.3, -0.25) is 4.79 Å². The molecule has 1 aromatic carbocycles. The Bertz CT molecular complexity index is 382. The van der Waals surface area contributed by atoms with Gasteiger partial charge in [0, 0.05) is 5.56 Å². The maximum atomic E-state index is 10.8. The smallest absolute Gasteiger partial charge is 0.347 e. The van der Waals surface area contributed by atoms with Crippen LogP contribution in [-0.2, 0) is 4.79 Å². The molecule has 0 fully saturated rings. The van der Waals surface area contributed by atoms with Crippen LogP contribution >= 0.6 is 0 Å². The molecule has 0 heterocycles. The Morgan fingerprint density at radius 1 is 1.47 bits per heavy atom. The van der Waals surface area contributed by atoms with E-state index in [1.165, 1.54) is 19.9 Å². The molecule has 1 rings (SSSR count). The fraction of sp³-hybridized carbons (Fsp3) is 0.273. The quantitative estimate of drug-likeness (QED) is 0.765. The van der Waals surface area contributed by atoms with E-state index >= 15 is 0 Å². The lowest BCUT2D eigenvalue weighted by atomic mass is 10.1. The molecule has 0 aliphatic rings. The van der Waals surface area contributed by atoms with Crippen LogP contribution in [0.1, 0.15) is 24.2 Å². The number of carbonyl (C=O) groups is 2. The van der Waals surface area contributed by atoms with E-state index < -0.39 is 11.6 Å². The van der Waals surface area contributed by atoms with Gasteiger partial charge in [0.2, 0.25) is 0 Å². The van der Waals surface area contributed by atoms with Crippen LogP contribution < -0.4 is 4.74 Å². The van der Waals surface area contributed by atoms with E-state index in [1.54, 1.807) is 18.2 Å². The van der Waals surface area contributed by atoms with Crippen molar-refractivity contribution in [1.29, 1.82) is 0 Å². The van der Waals surface area contributed by atoms with Gasteiger partial charge in [0.1, 0.15) is 12.0 Å². The van der Waals surface area contributed by atoms with Crippen LogP contribution in [0, 0.1) is 0 Å². The average Bonchev–Trinajstić information content (AvgIpc) is 2.17. The minimum atomic E-state index is -1.30. The third-order valence-electron chi connectivity index (χ3n) is 1.88. The minimum absolute atomic E-state index is 0.368. The van der Waals surface area contributed by atoms with Crippen molar-refractivity contribution in [3.8, 4) is 5.75 Å². The molecule has 0 unspecified atom stereocenters. The van der Waals surface area contributed by atoms with Gasteiger partial charge in [-0.25, -0.2) is 4.79 Å². The van der Waals surface area contributed by atoms with Crippen LogP contribution in [0.25, 0.3) is 0 Å². The van der Waals surface area contributed by atoms with Crippen molar-refractivity contribution in [2.45, 2.75) is 19.4 Å². The highest BCUT2D eigenvalue weighted by Crippen LogP contribution is 2.19. The summed E-state index contributed by atoms with van der Waals surface area (Å²) >= 11 is 0. The predicted octanol–water partition coefficient (Wildman–Crippen LogP) is 1.74. The summed E-state index contributed by atoms with van der Waals surface area (Å²) in [5.41, 5.74) is -0.852. The maximum Gasteiger partial charge on any atom is 0.347 e. The number of carboxylic acids is 1. The molecule has 0 amide bonds. The zero-order valence-corrected chi connectivity index (χ0v) is 8.56. The van der Waals surface area contributed by atoms with Crippen LogP contribution in [0.15, 0.2) is 24.3 Å². The number of carbonyl (C=O) groups excluding carboxylic acids is 1. The molecule has 0 atom stereocenters. The summed E-state index contributed by atoms with van der Waals surface area (Å²) < 4.78 is 5.25. The molecule has 0 aliphatic heterocycles. The van der Waals surface area contributed by atoms with Crippen molar-refractivity contribution in [2.24, 2.45) is 0 Å². The molecule has 0 bridgehead atoms. The van der Waals surface area contributed by atoms with Crippen molar-refractivity contribution in [3.05, 3.63) is 29.8 Å². The van der Waals surface area contributed by atoms with E-state index in [0.29, 0.717) is 17.6 Å². The van der Waals surface area contributed by atoms with Crippen LogP contribution in [0.4, 0.5) is 0 Å². The first kappa shape index (κ1) is 11.2. The molecule has 0 spiro atoms. The Labute approximate surface area is 87.5 Å². The molecule has 4 heteroatoms. The van der Waals surface area contributed by atoms with Gasteiger partial charge in [-0.2, -0.15) is 0 Å². The second-order valence-electron chi connectivity index (χ2n) is 3.61. The van der Waals surface area contributed by atoms with Crippen LogP contribution in [0.3, 0.4) is 0 Å². The predicted molar refractivity (Wildman–Crippen MR) is 54.2 cm³/mol. The number of benzene rings is 1. The highest BCUT2D eigenvalue weighted by Gasteiger charge is 2.29. The fourth-order valence-electron chi connectivity index (χ4n) is 0.990. The molecule has 80 valence electrons. The Hall–Kier alpha value is -1.84. The van der Waals surface area contributed by atoms with E-state index in [9.17, 15) is 9.59 Å². The SMILES string of the molecule is CC(C)(Oc1cccc(C=O)c1)C(=O)O. The lowest BCUT2D eigenvalue weighted by molar-refractivity contribution is -0.152. The van der Waals surface area contributed by atoms with E-state index in [-0.39, 0.29) is 0 Å². The summed E-state index contributed by atoms with van der Waals surface area (Å²) in [4.78, 5) is 21.3. The summed E-state index contributed by atoms with van der Waals surface area (Å²) in [6.45, 7) is 2.89. The monoisotopic (exact) mass is 208 g/mol. The Morgan fingerprint density at radius 2 is 2.13 bits per heavy atom. The van der Waals surface area contributed by atoms with Gasteiger partial charge in [0.05, 0.1) is 0 Å². The zero-order valence-electron chi connectivity index (χ0n) is 8.56. The number of rotatable bonds is 4. The summed E-state index contributed by atoms with van der Waals surface area (Å²) in [6, 6.07) is 6.36. The Morgan fingerprint density at radius 3 is 2.67 bits per heavy atom. The van der Waals surface area contributed by atoms with Crippen LogP contribution in [-0.4, -0.2) is 23.0 Å². The van der Waals surface area contributed by atoms with Gasteiger partial charge < -0.3 is 9.84 Å². The second kappa shape index (κ2) is 4.13. The number of hydrogen-bond donors (Lipinski definition) is 1. The molecule has 4 nitrogen and oxygen atoms in total. The highest BCUT2D eigenvalue weighted by atomic mass is 16.5. The zero-order chi connectivity index (χ0) is 11.5. The lowest BCUT2D eigenvalue weighted by Crippen LogP contribution is -2.37. The number of aldehydes is 1. The first-order valence-corrected chi connectivity index (χ1v) is 4.43. The minimum Gasteiger partial charge on any atom is -0.478 e. The first-order chi connectivity index (χ1) is 6.95. The van der Waals surface area contributed by atoms with Crippen molar-refractivity contribution < 1.29 is 19.4 Å². The third-order valence-corrected chi connectivity index (χ3v) is 1.88. The lowest BCUT2D eigenvalue weighted by Gasteiger charge is -2.21. The third kappa shape index (κ3) is 2.80. The van der Waals surface area contributed by atoms with Gasteiger partial charge in [-0.05, 0) is 26.0 Å². The van der Waals surface area contributed by atoms with Gasteiger partial charge >= 0.3 is 5.97 Å². The summed E-state index contributed by atoms with van der Waals surface area (Å²) in [5.74, 6) is -0.689. The Kier molecular flexibility index (Phi) is 3.09. The van der Waals surface area contributed by atoms with Crippen molar-refractivity contribution in [2.75, 3.05) is 0 Å². The maximum absolute atomic E-state index is 10.8. The molecule has 0 saturated carbocycles. The molecule has 0 saturated heterocycles. The molecule has 0 aliphatic carbocycles. The standard InChI is InChI=1S/C11H12O4/c1-11(2,10(13)14)15-9-5-3-4-8(6-9)7-12/h3-7H,1-2H3,(H,13,14). The number of hydrogen-bond acceptors (Lipinski definition) is 3. The molecule has 1 N–H and O–H groups in total. The summed E-state index contributed by atoms with van der Waals surface area (Å²) in [6.07, 6.45) is 0.681. The van der Waals surface area contributed by atoms with Crippen molar-refractivity contribution in [3.63, 3.8) is 0 Å². The molecule has 1 aromatic rings. The molecular weight excluding hydrogens is 196 g/mol. The molecule has 0 radical (unpaired) electrons. The number of aliphatic carboxylic acids is 1. The van der Waals surface area contributed by atoms with E-state index in [4.69, 9.17) is 9.84 Å². The fourth-order valence-corrected chi connectivity index (χ4v) is 0.990. The van der Waals surface area contributed by atoms with E-state index in [1.807, 2.05) is 0 Å². The largest absolute Gasteiger partial charge is 0.478 e.